The number of aryl methyl sites for hydroxylation is 1. The SMILES string of the molecule is CCOC(=O)c1c(/C=C(\C(N)=O)c2ccccc2)c2c(Cl)cc(Cl)cc2n1S(=O)(=O)c1ccc(C)cc1. The van der Waals surface area contributed by atoms with E-state index < -0.39 is 21.9 Å². The van der Waals surface area contributed by atoms with Gasteiger partial charge < -0.3 is 10.5 Å². The van der Waals surface area contributed by atoms with E-state index in [-0.39, 0.29) is 49.3 Å². The molecule has 4 aromatic rings. The van der Waals surface area contributed by atoms with E-state index in [0.29, 0.717) is 5.56 Å². The zero-order valence-electron chi connectivity index (χ0n) is 19.9. The quantitative estimate of drug-likeness (QED) is 0.232. The molecule has 2 N–H and O–H groups in total. The lowest BCUT2D eigenvalue weighted by Gasteiger charge is -2.12. The number of benzene rings is 3. The third-order valence-corrected chi connectivity index (χ3v) is 7.89. The molecule has 37 heavy (non-hydrogen) atoms. The Morgan fingerprint density at radius 2 is 1.68 bits per heavy atom. The topological polar surface area (TPSA) is 108 Å². The molecule has 3 aromatic carbocycles. The summed E-state index contributed by atoms with van der Waals surface area (Å²) < 4.78 is 34.1. The first kappa shape index (κ1) is 26.5. The first-order valence-corrected chi connectivity index (χ1v) is 13.4. The molecule has 0 saturated carbocycles. The molecule has 1 aromatic heterocycles. The molecule has 0 atom stereocenters. The van der Waals surface area contributed by atoms with E-state index in [0.717, 1.165) is 9.54 Å². The molecule has 0 saturated heterocycles. The molecule has 0 aliphatic carbocycles. The lowest BCUT2D eigenvalue weighted by molar-refractivity contribution is -0.112. The molecule has 0 aliphatic heterocycles. The van der Waals surface area contributed by atoms with Crippen LogP contribution in [0.3, 0.4) is 0 Å². The van der Waals surface area contributed by atoms with E-state index in [9.17, 15) is 18.0 Å². The summed E-state index contributed by atoms with van der Waals surface area (Å²) in [7, 11) is -4.36. The summed E-state index contributed by atoms with van der Waals surface area (Å²) in [5.41, 5.74) is 6.84. The summed E-state index contributed by atoms with van der Waals surface area (Å²) in [6.45, 7) is 3.39. The van der Waals surface area contributed by atoms with Gasteiger partial charge in [0.05, 0.1) is 22.0 Å². The van der Waals surface area contributed by atoms with Crippen molar-refractivity contribution < 1.29 is 22.7 Å². The van der Waals surface area contributed by atoms with Gasteiger partial charge in [0.25, 0.3) is 10.0 Å². The Balaban J connectivity index is 2.19. The number of amides is 1. The molecule has 10 heteroatoms. The summed E-state index contributed by atoms with van der Waals surface area (Å²) in [4.78, 5) is 25.8. The Hall–Kier alpha value is -3.59. The van der Waals surface area contributed by atoms with Crippen molar-refractivity contribution in [1.29, 1.82) is 0 Å². The van der Waals surface area contributed by atoms with Gasteiger partial charge in [0.2, 0.25) is 5.91 Å². The number of rotatable bonds is 7. The van der Waals surface area contributed by atoms with Crippen LogP contribution in [0.25, 0.3) is 22.6 Å². The molecular formula is C27H22Cl2N2O5S. The van der Waals surface area contributed by atoms with Crippen molar-refractivity contribution in [3.63, 3.8) is 0 Å². The van der Waals surface area contributed by atoms with Crippen LogP contribution in [0.15, 0.2) is 71.6 Å². The number of esters is 1. The van der Waals surface area contributed by atoms with Gasteiger partial charge in [-0.3, -0.25) is 4.79 Å². The van der Waals surface area contributed by atoms with Gasteiger partial charge >= 0.3 is 5.97 Å². The lowest BCUT2D eigenvalue weighted by Crippen LogP contribution is -2.21. The Morgan fingerprint density at radius 1 is 1.03 bits per heavy atom. The fourth-order valence-electron chi connectivity index (χ4n) is 3.99. The van der Waals surface area contributed by atoms with E-state index in [2.05, 4.69) is 0 Å². The maximum absolute atomic E-state index is 14.0. The first-order valence-electron chi connectivity index (χ1n) is 11.2. The molecule has 0 radical (unpaired) electrons. The van der Waals surface area contributed by atoms with Gasteiger partial charge in [0.15, 0.2) is 5.69 Å². The molecule has 0 bridgehead atoms. The summed E-state index contributed by atoms with van der Waals surface area (Å²) >= 11 is 12.8. The third kappa shape index (κ3) is 5.00. The Morgan fingerprint density at radius 3 is 2.27 bits per heavy atom. The number of hydrogen-bond acceptors (Lipinski definition) is 5. The van der Waals surface area contributed by atoms with Crippen LogP contribution in [0.4, 0.5) is 0 Å². The molecule has 1 amide bonds. The largest absolute Gasteiger partial charge is 0.461 e. The highest BCUT2D eigenvalue weighted by molar-refractivity contribution is 7.90. The van der Waals surface area contributed by atoms with Crippen molar-refractivity contribution in [3.8, 4) is 0 Å². The Kier molecular flexibility index (Phi) is 7.45. The average Bonchev–Trinajstić information content (AvgIpc) is 3.18. The van der Waals surface area contributed by atoms with Crippen LogP contribution in [0, 0.1) is 6.92 Å². The van der Waals surface area contributed by atoms with E-state index in [1.807, 2.05) is 6.92 Å². The van der Waals surface area contributed by atoms with Crippen molar-refractivity contribution in [1.82, 2.24) is 3.97 Å². The zero-order valence-corrected chi connectivity index (χ0v) is 22.2. The van der Waals surface area contributed by atoms with E-state index in [1.165, 1.54) is 30.3 Å². The molecule has 0 fully saturated rings. The fourth-order valence-corrected chi connectivity index (χ4v) is 6.08. The normalized spacial score (nSPS) is 12.1. The van der Waals surface area contributed by atoms with Crippen LogP contribution in [0.5, 0.6) is 0 Å². The summed E-state index contributed by atoms with van der Waals surface area (Å²) in [6, 6.07) is 17.5. The van der Waals surface area contributed by atoms with Crippen LogP contribution >= 0.6 is 23.2 Å². The number of nitrogens with zero attached hydrogens (tertiary/aromatic N) is 1. The van der Waals surface area contributed by atoms with Gasteiger partial charge in [-0.25, -0.2) is 17.2 Å². The Labute approximate surface area is 224 Å². The van der Waals surface area contributed by atoms with Crippen LogP contribution in [-0.4, -0.2) is 30.9 Å². The molecule has 0 aliphatic rings. The summed E-state index contributed by atoms with van der Waals surface area (Å²) in [6.07, 6.45) is 1.35. The van der Waals surface area contributed by atoms with Gasteiger partial charge in [0.1, 0.15) is 0 Å². The number of halogens is 2. The van der Waals surface area contributed by atoms with Crippen LogP contribution in [-0.2, 0) is 19.6 Å². The number of primary amides is 1. The van der Waals surface area contributed by atoms with E-state index in [4.69, 9.17) is 33.7 Å². The first-order chi connectivity index (χ1) is 17.6. The smallest absolute Gasteiger partial charge is 0.356 e. The predicted octanol–water partition coefficient (Wildman–Crippen LogP) is 5.70. The van der Waals surface area contributed by atoms with Crippen molar-refractivity contribution in [2.45, 2.75) is 18.7 Å². The van der Waals surface area contributed by atoms with E-state index >= 15 is 0 Å². The molecule has 0 unspecified atom stereocenters. The molecule has 190 valence electrons. The number of nitrogens with two attached hydrogens (primary N) is 1. The zero-order chi connectivity index (χ0) is 26.9. The van der Waals surface area contributed by atoms with Crippen LogP contribution < -0.4 is 5.73 Å². The number of carbonyl (C=O) groups is 2. The maximum atomic E-state index is 14.0. The third-order valence-electron chi connectivity index (χ3n) is 5.65. The second-order valence-corrected chi connectivity index (χ2v) is 10.8. The van der Waals surface area contributed by atoms with Gasteiger partial charge in [-0.15, -0.1) is 0 Å². The van der Waals surface area contributed by atoms with Gasteiger partial charge in [-0.05, 0) is 49.8 Å². The minimum Gasteiger partial charge on any atom is -0.461 e. The van der Waals surface area contributed by atoms with Crippen molar-refractivity contribution in [2.75, 3.05) is 6.61 Å². The van der Waals surface area contributed by atoms with Gasteiger partial charge in [-0.2, -0.15) is 0 Å². The minimum absolute atomic E-state index is 0.0239. The van der Waals surface area contributed by atoms with Crippen molar-refractivity contribution in [2.24, 2.45) is 5.73 Å². The predicted molar refractivity (Wildman–Crippen MR) is 145 cm³/mol. The van der Waals surface area contributed by atoms with Crippen LogP contribution in [0.1, 0.15) is 34.1 Å². The number of fused-ring (bicyclic) bond motifs is 1. The maximum Gasteiger partial charge on any atom is 0.356 e. The minimum atomic E-state index is -4.36. The molecule has 4 rings (SSSR count). The summed E-state index contributed by atoms with van der Waals surface area (Å²) in [5, 5.41) is 0.424. The highest BCUT2D eigenvalue weighted by atomic mass is 35.5. The highest BCUT2D eigenvalue weighted by Crippen LogP contribution is 2.39. The van der Waals surface area contributed by atoms with E-state index in [1.54, 1.807) is 49.4 Å². The summed E-state index contributed by atoms with van der Waals surface area (Å²) in [5.74, 6) is -1.71. The Bertz CT molecular complexity index is 1660. The lowest BCUT2D eigenvalue weighted by atomic mass is 10.0. The second kappa shape index (κ2) is 10.4. The number of aromatic nitrogens is 1. The van der Waals surface area contributed by atoms with Gasteiger partial charge in [0, 0.05) is 21.5 Å². The van der Waals surface area contributed by atoms with Crippen molar-refractivity contribution in [3.05, 3.63) is 99.2 Å². The fraction of sp³-hybridized carbons (Fsp3) is 0.111. The monoisotopic (exact) mass is 556 g/mol. The second-order valence-electron chi connectivity index (χ2n) is 8.14. The average molecular weight is 557 g/mol. The van der Waals surface area contributed by atoms with Crippen molar-refractivity contribution >= 4 is 67.7 Å². The van der Waals surface area contributed by atoms with Gasteiger partial charge in [-0.1, -0.05) is 71.2 Å². The molecule has 0 spiro atoms. The number of carbonyl (C=O) groups excluding carboxylic acids is 2. The molecule has 7 nitrogen and oxygen atoms in total. The number of hydrogen-bond donors (Lipinski definition) is 1. The molecular weight excluding hydrogens is 535 g/mol. The highest BCUT2D eigenvalue weighted by Gasteiger charge is 2.32. The molecule has 1 heterocycles. The standard InChI is InChI=1S/C27H22Cl2N2O5S/c1-3-36-27(33)25-21(15-20(26(30)32)17-7-5-4-6-8-17)24-22(29)13-18(28)14-23(24)31(25)37(34,35)19-11-9-16(2)10-12-19/h4-15H,3H2,1-2H3,(H2,30,32)/b20-15-. The van der Waals surface area contributed by atoms with Crippen LogP contribution in [0.2, 0.25) is 10.0 Å². The number of ether oxygens (including phenoxy) is 1.